The van der Waals surface area contributed by atoms with Gasteiger partial charge in [-0.1, -0.05) is 18.2 Å². The average Bonchev–Trinajstić information content (AvgIpc) is 2.41. The minimum atomic E-state index is -0.551. The molecule has 1 aliphatic rings. The molecule has 1 aliphatic heterocycles. The average molecular weight is 289 g/mol. The molecule has 0 aliphatic carbocycles. The summed E-state index contributed by atoms with van der Waals surface area (Å²) in [6, 6.07) is 6.57. The first-order chi connectivity index (χ1) is 9.13. The molecule has 1 heterocycles. The van der Waals surface area contributed by atoms with Crippen LogP contribution in [0, 0.1) is 5.82 Å². The lowest BCUT2D eigenvalue weighted by Gasteiger charge is -2.37. The van der Waals surface area contributed by atoms with Gasteiger partial charge in [0.1, 0.15) is 11.4 Å². The van der Waals surface area contributed by atoms with Gasteiger partial charge >= 0.3 is 0 Å². The van der Waals surface area contributed by atoms with E-state index in [0.717, 1.165) is 0 Å². The molecule has 0 N–H and O–H groups in total. The number of halogens is 2. The summed E-state index contributed by atoms with van der Waals surface area (Å²) in [6.07, 6.45) is 0.396. The molecule has 0 aromatic heterocycles. The van der Waals surface area contributed by atoms with Crippen LogP contribution < -0.4 is 0 Å². The van der Waals surface area contributed by atoms with Gasteiger partial charge in [-0.05, 0) is 13.0 Å². The van der Waals surface area contributed by atoms with Gasteiger partial charge in [0.15, 0.2) is 6.29 Å². The lowest BCUT2D eigenvalue weighted by molar-refractivity contribution is -0.263. The van der Waals surface area contributed by atoms with Gasteiger partial charge in [-0.25, -0.2) is 4.39 Å². The molecule has 0 amide bonds. The maximum atomic E-state index is 13.5. The first kappa shape index (κ1) is 14.7. The quantitative estimate of drug-likeness (QED) is 0.779. The van der Waals surface area contributed by atoms with Crippen LogP contribution >= 0.6 is 11.6 Å². The third kappa shape index (κ3) is 4.14. The summed E-state index contributed by atoms with van der Waals surface area (Å²) < 4.78 is 30.3. The molecule has 1 fully saturated rings. The number of hydrogen-bond donors (Lipinski definition) is 0. The summed E-state index contributed by atoms with van der Waals surface area (Å²) in [5.41, 5.74) is -0.0166. The number of benzene rings is 1. The Labute approximate surface area is 117 Å². The zero-order chi connectivity index (χ0) is 13.7. The Morgan fingerprint density at radius 2 is 2.05 bits per heavy atom. The van der Waals surface area contributed by atoms with Crippen molar-refractivity contribution in [3.8, 4) is 0 Å². The maximum Gasteiger partial charge on any atom is 0.159 e. The molecule has 0 saturated carbocycles. The zero-order valence-electron chi connectivity index (χ0n) is 10.9. The van der Waals surface area contributed by atoms with Crippen LogP contribution in [0.4, 0.5) is 4.39 Å². The third-order valence-electron chi connectivity index (χ3n) is 3.03. The first-order valence-electron chi connectivity index (χ1n) is 6.29. The highest BCUT2D eigenvalue weighted by Gasteiger charge is 2.33. The molecule has 1 aromatic rings. The third-order valence-corrected chi connectivity index (χ3v) is 3.25. The highest BCUT2D eigenvalue weighted by Crippen LogP contribution is 2.23. The van der Waals surface area contributed by atoms with Crippen LogP contribution in [-0.4, -0.2) is 31.0 Å². The Morgan fingerprint density at radius 1 is 1.37 bits per heavy atom. The number of rotatable bonds is 5. The molecular weight excluding hydrogens is 271 g/mol. The first-order valence-corrected chi connectivity index (χ1v) is 6.83. The smallest absolute Gasteiger partial charge is 0.159 e. The summed E-state index contributed by atoms with van der Waals surface area (Å²) >= 11 is 5.63. The second-order valence-corrected chi connectivity index (χ2v) is 5.24. The van der Waals surface area contributed by atoms with Crippen molar-refractivity contribution in [1.82, 2.24) is 0 Å². The van der Waals surface area contributed by atoms with Crippen molar-refractivity contribution < 1.29 is 18.6 Å². The lowest BCUT2D eigenvalue weighted by Crippen LogP contribution is -2.47. The normalized spacial score (nSPS) is 27.4. The van der Waals surface area contributed by atoms with Crippen LogP contribution in [0.25, 0.3) is 0 Å². The van der Waals surface area contributed by atoms with Gasteiger partial charge in [0, 0.05) is 17.9 Å². The largest absolute Gasteiger partial charge is 0.366 e. The van der Waals surface area contributed by atoms with Gasteiger partial charge in [0.2, 0.25) is 0 Å². The molecule has 3 nitrogen and oxygen atoms in total. The van der Waals surface area contributed by atoms with E-state index in [4.69, 9.17) is 25.8 Å². The van der Waals surface area contributed by atoms with Crippen molar-refractivity contribution in [2.24, 2.45) is 0 Å². The summed E-state index contributed by atoms with van der Waals surface area (Å²) in [4.78, 5) is 0. The fraction of sp³-hybridized carbons (Fsp3) is 0.571. The van der Waals surface area contributed by atoms with Gasteiger partial charge in [0.05, 0.1) is 19.8 Å². The molecule has 0 atom stereocenters. The van der Waals surface area contributed by atoms with Crippen LogP contribution in [-0.2, 0) is 20.8 Å². The second kappa shape index (κ2) is 6.66. The van der Waals surface area contributed by atoms with E-state index in [9.17, 15) is 4.39 Å². The molecule has 1 saturated heterocycles. The van der Waals surface area contributed by atoms with Crippen molar-refractivity contribution in [2.45, 2.75) is 31.8 Å². The van der Waals surface area contributed by atoms with Crippen molar-refractivity contribution >= 4 is 11.6 Å². The van der Waals surface area contributed by atoms with Gasteiger partial charge in [-0.2, -0.15) is 0 Å². The molecule has 0 radical (unpaired) electrons. The van der Waals surface area contributed by atoms with Gasteiger partial charge in [-0.15, -0.1) is 11.6 Å². The number of hydrogen-bond acceptors (Lipinski definition) is 3. The summed E-state index contributed by atoms with van der Waals surface area (Å²) in [6.45, 7) is 2.94. The van der Waals surface area contributed by atoms with E-state index in [2.05, 4.69) is 0 Å². The highest BCUT2D eigenvalue weighted by atomic mass is 35.5. The molecule has 19 heavy (non-hydrogen) atoms. The predicted octanol–water partition coefficient (Wildman–Crippen LogP) is 3.10. The van der Waals surface area contributed by atoms with Crippen LogP contribution in [0.3, 0.4) is 0 Å². The van der Waals surface area contributed by atoms with Crippen LogP contribution in [0.1, 0.15) is 18.9 Å². The van der Waals surface area contributed by atoms with Gasteiger partial charge in [-0.3, -0.25) is 0 Å². The zero-order valence-corrected chi connectivity index (χ0v) is 11.7. The second-order valence-electron chi connectivity index (χ2n) is 4.86. The molecule has 1 aromatic carbocycles. The van der Waals surface area contributed by atoms with Crippen molar-refractivity contribution in [3.05, 3.63) is 35.6 Å². The highest BCUT2D eigenvalue weighted by molar-refractivity contribution is 6.17. The molecule has 0 bridgehead atoms. The van der Waals surface area contributed by atoms with E-state index >= 15 is 0 Å². The van der Waals surface area contributed by atoms with Crippen molar-refractivity contribution in [3.63, 3.8) is 0 Å². The van der Waals surface area contributed by atoms with E-state index in [1.54, 1.807) is 18.2 Å². The fourth-order valence-electron chi connectivity index (χ4n) is 1.83. The van der Waals surface area contributed by atoms with E-state index < -0.39 is 5.60 Å². The lowest BCUT2D eigenvalue weighted by atomic mass is 10.1. The van der Waals surface area contributed by atoms with E-state index in [1.807, 2.05) is 6.92 Å². The van der Waals surface area contributed by atoms with Crippen LogP contribution in [0.5, 0.6) is 0 Å². The number of alkyl halides is 1. The van der Waals surface area contributed by atoms with Gasteiger partial charge < -0.3 is 14.2 Å². The molecular formula is C14H18ClFO3. The van der Waals surface area contributed by atoms with Crippen LogP contribution in [0.2, 0.25) is 0 Å². The summed E-state index contributed by atoms with van der Waals surface area (Å²) in [7, 11) is 0. The van der Waals surface area contributed by atoms with Crippen molar-refractivity contribution in [1.29, 1.82) is 0 Å². The Kier molecular flexibility index (Phi) is 5.16. The minimum absolute atomic E-state index is 0.204. The fourth-order valence-corrected chi connectivity index (χ4v) is 2.01. The standard InChI is InChI=1S/C14H18ClFO3/c1-14(9-17-13(6-7-15)18-10-14)19-8-11-4-2-3-5-12(11)16/h2-5,13H,6-10H2,1H3/t13-,14-. The minimum Gasteiger partial charge on any atom is -0.366 e. The summed E-state index contributed by atoms with van der Waals surface area (Å²) in [5, 5.41) is 0. The Balaban J connectivity index is 1.84. The Bertz CT molecular complexity index is 405. The summed E-state index contributed by atoms with van der Waals surface area (Å²) in [5.74, 6) is 0.237. The molecule has 0 spiro atoms. The maximum absolute atomic E-state index is 13.5. The Morgan fingerprint density at radius 3 is 2.68 bits per heavy atom. The Hall–Kier alpha value is -0.680. The molecule has 2 rings (SSSR count). The molecule has 0 unspecified atom stereocenters. The van der Waals surface area contributed by atoms with Gasteiger partial charge in [0.25, 0.3) is 0 Å². The van der Waals surface area contributed by atoms with Crippen molar-refractivity contribution in [2.75, 3.05) is 19.1 Å². The predicted molar refractivity (Wildman–Crippen MR) is 70.6 cm³/mol. The molecule has 5 heteroatoms. The topological polar surface area (TPSA) is 27.7 Å². The molecule has 106 valence electrons. The van der Waals surface area contributed by atoms with E-state index in [-0.39, 0.29) is 18.7 Å². The monoisotopic (exact) mass is 288 g/mol. The van der Waals surface area contributed by atoms with E-state index in [1.165, 1.54) is 6.07 Å². The van der Waals surface area contributed by atoms with Crippen LogP contribution in [0.15, 0.2) is 24.3 Å². The van der Waals surface area contributed by atoms with E-state index in [0.29, 0.717) is 31.1 Å². The SMILES string of the molecule is C[C@]1(OCc2ccccc2F)CO[C@H](CCCl)OC1. The number of ether oxygens (including phenoxy) is 3.